The molecule has 7 heteroatoms. The topological polar surface area (TPSA) is 81.1 Å². The molecular formula is C22H23N5OS. The highest BCUT2D eigenvalue weighted by Crippen LogP contribution is 2.36. The summed E-state index contributed by atoms with van der Waals surface area (Å²) < 4.78 is 0. The van der Waals surface area contributed by atoms with Gasteiger partial charge >= 0.3 is 0 Å². The molecule has 2 aromatic rings. The highest BCUT2D eigenvalue weighted by atomic mass is 32.2. The lowest BCUT2D eigenvalue weighted by Gasteiger charge is -2.22. The molecule has 1 aliphatic rings. The van der Waals surface area contributed by atoms with E-state index < -0.39 is 0 Å². The standard InChI is InChI=1S/C22H23N5OS/c1-3-12-27-13-4-5-18(27)15-24-22(28)17-8-11-21(20(14-17)25-26-23)29-19-9-6-16(2)7-10-19/h1,6-11,14,18H,4-5,12-13,15H2,2H3,(H,24,28). The highest BCUT2D eigenvalue weighted by molar-refractivity contribution is 7.99. The van der Waals surface area contributed by atoms with Gasteiger partial charge in [-0.25, -0.2) is 0 Å². The number of rotatable bonds is 7. The zero-order valence-corrected chi connectivity index (χ0v) is 17.2. The van der Waals surface area contributed by atoms with Crippen LogP contribution in [0.25, 0.3) is 10.4 Å². The summed E-state index contributed by atoms with van der Waals surface area (Å²) in [6, 6.07) is 13.6. The number of benzene rings is 2. The molecule has 0 radical (unpaired) electrons. The van der Waals surface area contributed by atoms with Gasteiger partial charge in [0.2, 0.25) is 0 Å². The van der Waals surface area contributed by atoms with Gasteiger partial charge in [0.15, 0.2) is 0 Å². The number of nitrogens with one attached hydrogen (secondary N) is 1. The van der Waals surface area contributed by atoms with Gasteiger partial charge in [-0.15, -0.1) is 6.42 Å². The number of nitrogens with zero attached hydrogens (tertiary/aromatic N) is 4. The van der Waals surface area contributed by atoms with Gasteiger partial charge in [-0.05, 0) is 62.2 Å². The minimum absolute atomic E-state index is 0.182. The third-order valence-electron chi connectivity index (χ3n) is 4.91. The molecule has 1 heterocycles. The summed E-state index contributed by atoms with van der Waals surface area (Å²) in [4.78, 5) is 19.6. The molecule has 0 saturated carbocycles. The van der Waals surface area contributed by atoms with E-state index in [4.69, 9.17) is 12.0 Å². The van der Waals surface area contributed by atoms with Gasteiger partial charge in [0.05, 0.1) is 12.2 Å². The Balaban J connectivity index is 1.70. The molecule has 1 saturated heterocycles. The summed E-state index contributed by atoms with van der Waals surface area (Å²) in [5.41, 5.74) is 11.0. The second-order valence-electron chi connectivity index (χ2n) is 6.97. The van der Waals surface area contributed by atoms with Gasteiger partial charge in [-0.1, -0.05) is 40.5 Å². The average Bonchev–Trinajstić information content (AvgIpc) is 3.16. The van der Waals surface area contributed by atoms with Gasteiger partial charge in [0.25, 0.3) is 5.91 Å². The van der Waals surface area contributed by atoms with Crippen LogP contribution >= 0.6 is 11.8 Å². The molecule has 0 aromatic heterocycles. The maximum atomic E-state index is 12.6. The van der Waals surface area contributed by atoms with Crippen LogP contribution in [0.5, 0.6) is 0 Å². The fraction of sp³-hybridized carbons (Fsp3) is 0.318. The van der Waals surface area contributed by atoms with Gasteiger partial charge in [0.1, 0.15) is 0 Å². The summed E-state index contributed by atoms with van der Waals surface area (Å²) >= 11 is 1.50. The first kappa shape index (κ1) is 20.8. The van der Waals surface area contributed by atoms with Crippen LogP contribution in [-0.4, -0.2) is 36.5 Å². The number of carbonyl (C=O) groups is 1. The van der Waals surface area contributed by atoms with Crippen molar-refractivity contribution in [2.45, 2.75) is 35.6 Å². The van der Waals surface area contributed by atoms with Crippen LogP contribution < -0.4 is 5.32 Å². The normalized spacial score (nSPS) is 16.1. The molecule has 148 valence electrons. The quantitative estimate of drug-likeness (QED) is 0.307. The van der Waals surface area contributed by atoms with Gasteiger partial charge in [-0.2, -0.15) is 0 Å². The lowest BCUT2D eigenvalue weighted by Crippen LogP contribution is -2.40. The maximum Gasteiger partial charge on any atom is 0.251 e. The smallest absolute Gasteiger partial charge is 0.251 e. The second-order valence-corrected chi connectivity index (χ2v) is 8.08. The van der Waals surface area contributed by atoms with Crippen LogP contribution in [-0.2, 0) is 0 Å². The monoisotopic (exact) mass is 405 g/mol. The van der Waals surface area contributed by atoms with Crippen LogP contribution in [0.4, 0.5) is 5.69 Å². The molecule has 1 unspecified atom stereocenters. The van der Waals surface area contributed by atoms with E-state index in [1.165, 1.54) is 17.3 Å². The number of likely N-dealkylation sites (tertiary alicyclic amines) is 1. The second kappa shape index (κ2) is 10.0. The Morgan fingerprint density at radius 2 is 2.17 bits per heavy atom. The molecule has 2 aromatic carbocycles. The number of terminal acetylenes is 1. The summed E-state index contributed by atoms with van der Waals surface area (Å²) in [5.74, 6) is 2.49. The Kier molecular flexibility index (Phi) is 7.20. The Morgan fingerprint density at radius 3 is 2.90 bits per heavy atom. The molecule has 3 rings (SSSR count). The van der Waals surface area contributed by atoms with Crippen molar-refractivity contribution in [3.63, 3.8) is 0 Å². The number of azide groups is 1. The fourth-order valence-electron chi connectivity index (χ4n) is 3.37. The number of hydrogen-bond donors (Lipinski definition) is 1. The summed E-state index contributed by atoms with van der Waals surface area (Å²) in [6.45, 7) is 4.16. The zero-order valence-electron chi connectivity index (χ0n) is 16.3. The van der Waals surface area contributed by atoms with Crippen LogP contribution in [0, 0.1) is 19.3 Å². The van der Waals surface area contributed by atoms with Crippen molar-refractivity contribution in [3.8, 4) is 12.3 Å². The van der Waals surface area contributed by atoms with E-state index in [2.05, 4.69) is 26.2 Å². The zero-order chi connectivity index (χ0) is 20.6. The number of amides is 1. The van der Waals surface area contributed by atoms with E-state index in [0.29, 0.717) is 24.3 Å². The first-order chi connectivity index (χ1) is 14.1. The minimum atomic E-state index is -0.182. The predicted octanol–water partition coefficient (Wildman–Crippen LogP) is 4.92. The summed E-state index contributed by atoms with van der Waals surface area (Å²) in [5, 5.41) is 6.77. The van der Waals surface area contributed by atoms with Crippen molar-refractivity contribution in [1.82, 2.24) is 10.2 Å². The molecule has 1 aliphatic heterocycles. The lowest BCUT2D eigenvalue weighted by atomic mass is 10.1. The third kappa shape index (κ3) is 5.55. The van der Waals surface area contributed by atoms with Gasteiger partial charge < -0.3 is 5.32 Å². The largest absolute Gasteiger partial charge is 0.350 e. The Bertz CT molecular complexity index is 960. The molecule has 1 amide bonds. The van der Waals surface area contributed by atoms with Crippen LogP contribution in [0.1, 0.15) is 28.8 Å². The molecule has 1 N–H and O–H groups in total. The lowest BCUT2D eigenvalue weighted by molar-refractivity contribution is 0.0942. The summed E-state index contributed by atoms with van der Waals surface area (Å²) in [6.07, 6.45) is 7.54. The molecule has 1 atom stereocenters. The van der Waals surface area contributed by atoms with Crippen molar-refractivity contribution in [1.29, 1.82) is 0 Å². The van der Waals surface area contributed by atoms with Crippen LogP contribution in [0.15, 0.2) is 57.4 Å². The van der Waals surface area contributed by atoms with Crippen LogP contribution in [0.2, 0.25) is 0 Å². The van der Waals surface area contributed by atoms with Crippen molar-refractivity contribution in [3.05, 3.63) is 64.0 Å². The number of aryl methyl sites for hydroxylation is 1. The molecule has 0 bridgehead atoms. The van der Waals surface area contributed by atoms with Gasteiger partial charge in [-0.3, -0.25) is 9.69 Å². The first-order valence-electron chi connectivity index (χ1n) is 9.50. The van der Waals surface area contributed by atoms with E-state index in [1.807, 2.05) is 37.3 Å². The van der Waals surface area contributed by atoms with E-state index in [0.717, 1.165) is 29.2 Å². The minimum Gasteiger partial charge on any atom is -0.350 e. The Morgan fingerprint density at radius 1 is 1.38 bits per heavy atom. The predicted molar refractivity (Wildman–Crippen MR) is 116 cm³/mol. The molecule has 29 heavy (non-hydrogen) atoms. The first-order valence-corrected chi connectivity index (χ1v) is 10.3. The average molecular weight is 406 g/mol. The fourth-order valence-corrected chi connectivity index (χ4v) is 4.24. The van der Waals surface area contributed by atoms with E-state index in [1.54, 1.807) is 12.1 Å². The molecule has 0 aliphatic carbocycles. The van der Waals surface area contributed by atoms with Crippen molar-refractivity contribution in [2.75, 3.05) is 19.6 Å². The van der Waals surface area contributed by atoms with Crippen molar-refractivity contribution < 1.29 is 4.79 Å². The molecule has 1 fully saturated rings. The SMILES string of the molecule is C#CCN1CCCC1CNC(=O)c1ccc(Sc2ccc(C)cc2)c(N=[N+]=[N-])c1. The van der Waals surface area contributed by atoms with Crippen molar-refractivity contribution in [2.24, 2.45) is 5.11 Å². The Hall–Kier alpha value is -2.91. The van der Waals surface area contributed by atoms with Gasteiger partial charge in [0, 0.05) is 32.9 Å². The third-order valence-corrected chi connectivity index (χ3v) is 5.99. The number of carbonyl (C=O) groups excluding carboxylic acids is 1. The molecule has 6 nitrogen and oxygen atoms in total. The Labute approximate surface area is 175 Å². The van der Waals surface area contributed by atoms with E-state index in [-0.39, 0.29) is 11.9 Å². The summed E-state index contributed by atoms with van der Waals surface area (Å²) in [7, 11) is 0. The van der Waals surface area contributed by atoms with E-state index in [9.17, 15) is 4.79 Å². The number of hydrogen-bond acceptors (Lipinski definition) is 4. The maximum absolute atomic E-state index is 12.6. The van der Waals surface area contributed by atoms with Crippen LogP contribution in [0.3, 0.4) is 0 Å². The molecular weight excluding hydrogens is 382 g/mol. The molecule has 0 spiro atoms. The van der Waals surface area contributed by atoms with E-state index >= 15 is 0 Å². The van der Waals surface area contributed by atoms with Crippen molar-refractivity contribution >= 4 is 23.4 Å². The highest BCUT2D eigenvalue weighted by Gasteiger charge is 2.24.